The van der Waals surface area contributed by atoms with Crippen LogP contribution in [0.1, 0.15) is 29.9 Å². The molecule has 1 aromatic carbocycles. The third-order valence-electron chi connectivity index (χ3n) is 3.40. The Kier molecular flexibility index (Phi) is 6.11. The molecule has 0 saturated heterocycles. The Morgan fingerprint density at radius 1 is 1.00 bits per heavy atom. The molecule has 0 aliphatic rings. The lowest BCUT2D eigenvalue weighted by molar-refractivity contribution is -0.137. The molecule has 2 amide bonds. The molecule has 128 valence electrons. The van der Waals surface area contributed by atoms with Gasteiger partial charge in [0.25, 0.3) is 0 Å². The third-order valence-corrected chi connectivity index (χ3v) is 3.40. The molecule has 0 fully saturated rings. The molecule has 9 heteroatoms. The smallest absolute Gasteiger partial charge is 0.370 e. The summed E-state index contributed by atoms with van der Waals surface area (Å²) < 4.78 is 38.5. The van der Waals surface area contributed by atoms with Crippen LogP contribution in [0.2, 0.25) is 0 Å². The minimum Gasteiger partial charge on any atom is -0.370 e. The fraction of sp³-hybridized carbons (Fsp3) is 0.429. The lowest BCUT2D eigenvalue weighted by Crippen LogP contribution is -2.44. The number of primary amides is 2. The molecular formula is C14H19F3N4O2. The Morgan fingerprint density at radius 3 is 1.87 bits per heavy atom. The van der Waals surface area contributed by atoms with Crippen LogP contribution in [0.4, 0.5) is 13.2 Å². The first kappa shape index (κ1) is 18.9. The third kappa shape index (κ3) is 5.53. The van der Waals surface area contributed by atoms with Crippen LogP contribution < -0.4 is 22.9 Å². The van der Waals surface area contributed by atoms with Gasteiger partial charge in [-0.25, -0.2) is 0 Å². The zero-order valence-corrected chi connectivity index (χ0v) is 12.2. The highest BCUT2D eigenvalue weighted by Gasteiger charge is 2.33. The van der Waals surface area contributed by atoms with E-state index < -0.39 is 41.6 Å². The van der Waals surface area contributed by atoms with Crippen LogP contribution in [0.25, 0.3) is 0 Å². The van der Waals surface area contributed by atoms with Crippen molar-refractivity contribution < 1.29 is 22.8 Å². The molecule has 0 heterocycles. The monoisotopic (exact) mass is 332 g/mol. The first-order chi connectivity index (χ1) is 10.5. The predicted octanol–water partition coefficient (Wildman–Crippen LogP) is 0.194. The number of halogens is 3. The van der Waals surface area contributed by atoms with Gasteiger partial charge in [0, 0.05) is 30.8 Å². The van der Waals surface area contributed by atoms with E-state index in [1.165, 1.54) is 12.1 Å². The summed E-state index contributed by atoms with van der Waals surface area (Å²) in [6.45, 7) is 0. The zero-order valence-electron chi connectivity index (χ0n) is 12.2. The standard InChI is InChI=1S/C14H19F3N4O2/c15-14(16,17)8-3-1-2-7(4-8)13(9(18)5-11(20)22)10(19)6-12(21)23/h1-4,9-10,13H,5-6,18-19H2,(H2,20,22)(H2,21,23). The van der Waals surface area contributed by atoms with E-state index in [4.69, 9.17) is 22.9 Å². The van der Waals surface area contributed by atoms with Crippen molar-refractivity contribution in [1.82, 2.24) is 0 Å². The van der Waals surface area contributed by atoms with E-state index in [-0.39, 0.29) is 18.4 Å². The van der Waals surface area contributed by atoms with Gasteiger partial charge in [-0.2, -0.15) is 13.2 Å². The maximum absolute atomic E-state index is 12.8. The molecule has 1 rings (SSSR count). The molecule has 2 unspecified atom stereocenters. The highest BCUT2D eigenvalue weighted by atomic mass is 19.4. The van der Waals surface area contributed by atoms with Crippen molar-refractivity contribution in [2.45, 2.75) is 37.0 Å². The second kappa shape index (κ2) is 7.42. The molecular weight excluding hydrogens is 313 g/mol. The number of hydrogen-bond donors (Lipinski definition) is 4. The number of nitrogens with two attached hydrogens (primary N) is 4. The number of carbonyl (C=O) groups is 2. The Balaban J connectivity index is 3.22. The second-order valence-corrected chi connectivity index (χ2v) is 5.32. The van der Waals surface area contributed by atoms with Crippen LogP contribution in [0.15, 0.2) is 24.3 Å². The normalized spacial score (nSPS) is 15.7. The number of amides is 2. The van der Waals surface area contributed by atoms with Gasteiger partial charge in [0.05, 0.1) is 5.56 Å². The molecule has 23 heavy (non-hydrogen) atoms. The molecule has 0 aliphatic heterocycles. The van der Waals surface area contributed by atoms with Crippen molar-refractivity contribution in [3.05, 3.63) is 35.4 Å². The summed E-state index contributed by atoms with van der Waals surface area (Å²) in [5.74, 6) is -2.32. The summed E-state index contributed by atoms with van der Waals surface area (Å²) in [6.07, 6.45) is -5.11. The van der Waals surface area contributed by atoms with E-state index >= 15 is 0 Å². The van der Waals surface area contributed by atoms with Crippen molar-refractivity contribution in [3.63, 3.8) is 0 Å². The van der Waals surface area contributed by atoms with Gasteiger partial charge in [0.1, 0.15) is 0 Å². The Labute approximate surface area is 131 Å². The molecule has 0 aliphatic carbocycles. The quantitative estimate of drug-likeness (QED) is 0.566. The van der Waals surface area contributed by atoms with Crippen LogP contribution in [0, 0.1) is 0 Å². The van der Waals surface area contributed by atoms with E-state index in [0.29, 0.717) is 0 Å². The van der Waals surface area contributed by atoms with Crippen LogP contribution in [0.3, 0.4) is 0 Å². The van der Waals surface area contributed by atoms with Gasteiger partial charge in [0.2, 0.25) is 11.8 Å². The van der Waals surface area contributed by atoms with Crippen molar-refractivity contribution in [2.24, 2.45) is 22.9 Å². The molecule has 6 nitrogen and oxygen atoms in total. The number of carbonyl (C=O) groups excluding carboxylic acids is 2. The van der Waals surface area contributed by atoms with Crippen molar-refractivity contribution in [3.8, 4) is 0 Å². The Morgan fingerprint density at radius 2 is 1.48 bits per heavy atom. The predicted molar refractivity (Wildman–Crippen MR) is 77.8 cm³/mol. The van der Waals surface area contributed by atoms with Crippen LogP contribution in [-0.4, -0.2) is 23.9 Å². The topological polar surface area (TPSA) is 138 Å². The minimum atomic E-state index is -4.54. The highest BCUT2D eigenvalue weighted by molar-refractivity contribution is 5.75. The lowest BCUT2D eigenvalue weighted by Gasteiger charge is -2.29. The molecule has 1 aromatic rings. The molecule has 0 radical (unpaired) electrons. The van der Waals surface area contributed by atoms with Crippen LogP contribution in [0.5, 0.6) is 0 Å². The summed E-state index contributed by atoms with van der Waals surface area (Å²) in [5.41, 5.74) is 21.2. The van der Waals surface area contributed by atoms with E-state index in [1.807, 2.05) is 0 Å². The number of alkyl halides is 3. The molecule has 8 N–H and O–H groups in total. The fourth-order valence-corrected chi connectivity index (χ4v) is 2.45. The molecule has 0 aromatic heterocycles. The van der Waals surface area contributed by atoms with E-state index in [1.54, 1.807) is 0 Å². The number of benzene rings is 1. The summed E-state index contributed by atoms with van der Waals surface area (Å²) in [4.78, 5) is 22.1. The molecule has 2 atom stereocenters. The maximum atomic E-state index is 12.8. The molecule has 0 bridgehead atoms. The van der Waals surface area contributed by atoms with E-state index in [9.17, 15) is 22.8 Å². The summed E-state index contributed by atoms with van der Waals surface area (Å²) >= 11 is 0. The van der Waals surface area contributed by atoms with Crippen LogP contribution >= 0.6 is 0 Å². The van der Waals surface area contributed by atoms with Gasteiger partial charge >= 0.3 is 6.18 Å². The minimum absolute atomic E-state index is 0.169. The first-order valence-electron chi connectivity index (χ1n) is 6.77. The second-order valence-electron chi connectivity index (χ2n) is 5.32. The lowest BCUT2D eigenvalue weighted by atomic mass is 9.82. The summed E-state index contributed by atoms with van der Waals surface area (Å²) in [7, 11) is 0. The van der Waals surface area contributed by atoms with Gasteiger partial charge in [-0.1, -0.05) is 18.2 Å². The SMILES string of the molecule is NC(=O)CC(N)C(c1cccc(C(F)(F)F)c1)C(N)CC(N)=O. The van der Waals surface area contributed by atoms with Gasteiger partial charge in [-0.05, 0) is 11.6 Å². The largest absolute Gasteiger partial charge is 0.416 e. The number of rotatable bonds is 7. The number of hydrogen-bond acceptors (Lipinski definition) is 4. The molecule has 0 saturated carbocycles. The van der Waals surface area contributed by atoms with Gasteiger partial charge < -0.3 is 22.9 Å². The van der Waals surface area contributed by atoms with Crippen molar-refractivity contribution in [1.29, 1.82) is 0 Å². The van der Waals surface area contributed by atoms with Crippen LogP contribution in [-0.2, 0) is 15.8 Å². The van der Waals surface area contributed by atoms with E-state index in [2.05, 4.69) is 0 Å². The highest BCUT2D eigenvalue weighted by Crippen LogP contribution is 2.33. The molecule has 0 spiro atoms. The van der Waals surface area contributed by atoms with E-state index in [0.717, 1.165) is 12.1 Å². The maximum Gasteiger partial charge on any atom is 0.416 e. The van der Waals surface area contributed by atoms with Crippen molar-refractivity contribution >= 4 is 11.8 Å². The van der Waals surface area contributed by atoms with Crippen molar-refractivity contribution in [2.75, 3.05) is 0 Å². The average Bonchev–Trinajstić information content (AvgIpc) is 2.36. The first-order valence-corrected chi connectivity index (χ1v) is 6.77. The summed E-state index contributed by atoms with van der Waals surface area (Å²) in [6, 6.07) is 2.53. The zero-order chi connectivity index (χ0) is 17.8. The summed E-state index contributed by atoms with van der Waals surface area (Å²) in [5, 5.41) is 0. The Hall–Kier alpha value is -2.13. The Bertz CT molecular complexity index is 555. The fourth-order valence-electron chi connectivity index (χ4n) is 2.45. The average molecular weight is 332 g/mol. The van der Waals surface area contributed by atoms with Gasteiger partial charge in [-0.15, -0.1) is 0 Å². The van der Waals surface area contributed by atoms with Gasteiger partial charge in [0.15, 0.2) is 0 Å². The van der Waals surface area contributed by atoms with Gasteiger partial charge in [-0.3, -0.25) is 9.59 Å².